The van der Waals surface area contributed by atoms with E-state index in [9.17, 15) is 19.2 Å². The van der Waals surface area contributed by atoms with Crippen LogP contribution < -0.4 is 10.6 Å². The van der Waals surface area contributed by atoms with Crippen LogP contribution in [0.2, 0.25) is 0 Å². The maximum absolute atomic E-state index is 13.2. The summed E-state index contributed by atoms with van der Waals surface area (Å²) < 4.78 is 0. The molecule has 8 rings (SSSR count). The third-order valence-corrected chi connectivity index (χ3v) is 7.99. The maximum atomic E-state index is 13.2. The molecule has 0 fully saturated rings. The van der Waals surface area contributed by atoms with Crippen LogP contribution in [0.15, 0.2) is 115 Å². The van der Waals surface area contributed by atoms with E-state index < -0.39 is 23.1 Å². The van der Waals surface area contributed by atoms with E-state index >= 15 is 0 Å². The number of nitrogens with one attached hydrogen (secondary N) is 2. The van der Waals surface area contributed by atoms with Crippen LogP contribution in [0.5, 0.6) is 0 Å². The number of ketones is 4. The molecule has 2 aliphatic carbocycles. The van der Waals surface area contributed by atoms with Crippen molar-refractivity contribution >= 4 is 68.7 Å². The van der Waals surface area contributed by atoms with Crippen LogP contribution >= 0.6 is 0 Å². The van der Waals surface area contributed by atoms with Crippen LogP contribution in [0.1, 0.15) is 31.8 Å². The Bertz CT molecular complexity index is 2250. The van der Waals surface area contributed by atoms with Gasteiger partial charge >= 0.3 is 0 Å². The Balaban J connectivity index is 1.19. The monoisotopic (exact) mass is 599 g/mol. The first-order chi connectivity index (χ1) is 22.4. The van der Waals surface area contributed by atoms with Gasteiger partial charge in [0.25, 0.3) is 0 Å². The zero-order valence-electron chi connectivity index (χ0n) is 23.9. The third kappa shape index (κ3) is 4.63. The van der Waals surface area contributed by atoms with Gasteiger partial charge in [-0.15, -0.1) is 0 Å². The van der Waals surface area contributed by atoms with E-state index in [0.29, 0.717) is 27.8 Å². The van der Waals surface area contributed by atoms with Crippen molar-refractivity contribution in [3.63, 3.8) is 0 Å². The number of benzene rings is 5. The van der Waals surface area contributed by atoms with Gasteiger partial charge in [0, 0.05) is 16.7 Å². The van der Waals surface area contributed by atoms with Crippen molar-refractivity contribution in [1.82, 2.24) is 15.0 Å². The first-order valence-electron chi connectivity index (χ1n) is 14.4. The average Bonchev–Trinajstić information content (AvgIpc) is 3.08. The number of carbonyl (C=O) groups excluding carboxylic acids is 4. The molecule has 1 aromatic heterocycles. The van der Waals surface area contributed by atoms with Crippen LogP contribution in [0, 0.1) is 0 Å². The fourth-order valence-electron chi connectivity index (χ4n) is 5.71. The molecule has 0 saturated carbocycles. The van der Waals surface area contributed by atoms with Gasteiger partial charge in [-0.3, -0.25) is 19.2 Å². The van der Waals surface area contributed by atoms with Crippen LogP contribution in [0.25, 0.3) is 45.1 Å². The third-order valence-electron chi connectivity index (χ3n) is 7.99. The summed E-state index contributed by atoms with van der Waals surface area (Å²) in [6.07, 6.45) is 3.19. The molecule has 2 aliphatic rings. The molecule has 0 spiro atoms. The summed E-state index contributed by atoms with van der Waals surface area (Å²) in [4.78, 5) is 66.2. The predicted molar refractivity (Wildman–Crippen MR) is 175 cm³/mol. The predicted octanol–water partition coefficient (Wildman–Crippen LogP) is 6.28. The molecule has 0 aliphatic heterocycles. The zero-order chi connectivity index (χ0) is 31.4. The number of allylic oxidation sites excluding steroid dienone is 2. The van der Waals surface area contributed by atoms with Crippen molar-refractivity contribution < 1.29 is 19.2 Å². The van der Waals surface area contributed by atoms with Crippen LogP contribution in [-0.4, -0.2) is 38.1 Å². The number of rotatable bonds is 5. The fraction of sp³-hybridized carbons (Fsp3) is 0. The zero-order valence-corrected chi connectivity index (χ0v) is 23.9. The van der Waals surface area contributed by atoms with Gasteiger partial charge in [0.2, 0.25) is 35.0 Å². The van der Waals surface area contributed by atoms with Gasteiger partial charge in [0.05, 0.1) is 11.4 Å². The minimum atomic E-state index is -0.737. The van der Waals surface area contributed by atoms with Gasteiger partial charge in [-0.05, 0) is 69.1 Å². The Morgan fingerprint density at radius 3 is 1.30 bits per heavy atom. The Labute approximate surface area is 261 Å². The molecule has 0 bridgehead atoms. The van der Waals surface area contributed by atoms with Gasteiger partial charge in [-0.25, -0.2) is 0 Å². The molecule has 0 atom stereocenters. The number of aromatic nitrogens is 3. The van der Waals surface area contributed by atoms with Crippen LogP contribution in [0.4, 0.5) is 11.9 Å². The van der Waals surface area contributed by atoms with Gasteiger partial charge < -0.3 is 10.6 Å². The fourth-order valence-corrected chi connectivity index (χ4v) is 5.71. The number of Topliss-reactive ketones (excluding diaryl/α,β-unsaturated/α-hetero) is 4. The molecule has 0 unspecified atom stereocenters. The quantitative estimate of drug-likeness (QED) is 0.220. The highest BCUT2D eigenvalue weighted by Crippen LogP contribution is 2.30. The molecule has 2 N–H and O–H groups in total. The standard InChI is InChI=1S/C37H21N5O4/c43-31-27-16-23-12-6-4-10-21(23)14-25(27)18-29(33(31)45)38-36-40-35(20-8-2-1-3-9-20)41-37(42-36)39-30-19-26-15-22-11-5-7-13-24(22)17-28(26)32(44)34(30)46/h1-19H,(H2,38,39,40,41,42). The second-order valence-corrected chi connectivity index (χ2v) is 10.9. The Morgan fingerprint density at radius 2 is 0.848 bits per heavy atom. The van der Waals surface area contributed by atoms with Crippen LogP contribution in [-0.2, 0) is 9.59 Å². The van der Waals surface area contributed by atoms with Crippen molar-refractivity contribution in [3.8, 4) is 11.4 Å². The lowest BCUT2D eigenvalue weighted by Gasteiger charge is -2.18. The van der Waals surface area contributed by atoms with E-state index in [4.69, 9.17) is 0 Å². The average molecular weight is 600 g/mol. The molecule has 9 nitrogen and oxygen atoms in total. The second-order valence-electron chi connectivity index (χ2n) is 10.9. The summed E-state index contributed by atoms with van der Waals surface area (Å²) in [6, 6.07) is 31.4. The van der Waals surface area contributed by atoms with Crippen molar-refractivity contribution in [2.24, 2.45) is 0 Å². The number of fused-ring (bicyclic) bond motifs is 4. The lowest BCUT2D eigenvalue weighted by molar-refractivity contribution is -0.112. The topological polar surface area (TPSA) is 131 Å². The molecule has 218 valence electrons. The molecule has 6 aromatic rings. The number of hydrogen-bond donors (Lipinski definition) is 2. The highest BCUT2D eigenvalue weighted by atomic mass is 16.2. The molecule has 0 saturated heterocycles. The Kier molecular flexibility index (Phi) is 6.18. The van der Waals surface area contributed by atoms with Crippen molar-refractivity contribution in [3.05, 3.63) is 137 Å². The molecule has 0 amide bonds. The lowest BCUT2D eigenvalue weighted by Crippen LogP contribution is -2.27. The highest BCUT2D eigenvalue weighted by Gasteiger charge is 2.31. The van der Waals surface area contributed by atoms with E-state index in [1.54, 1.807) is 36.4 Å². The Morgan fingerprint density at radius 1 is 0.435 bits per heavy atom. The minimum absolute atomic E-state index is 0.00659. The largest absolute Gasteiger partial charge is 0.321 e. The molecule has 46 heavy (non-hydrogen) atoms. The minimum Gasteiger partial charge on any atom is -0.321 e. The summed E-state index contributed by atoms with van der Waals surface area (Å²) in [6.45, 7) is 0. The molecule has 1 heterocycles. The van der Waals surface area contributed by atoms with Crippen molar-refractivity contribution in [2.45, 2.75) is 0 Å². The summed E-state index contributed by atoms with van der Waals surface area (Å²) in [5.74, 6) is -2.60. The summed E-state index contributed by atoms with van der Waals surface area (Å²) >= 11 is 0. The van der Waals surface area contributed by atoms with Gasteiger partial charge in [0.15, 0.2) is 5.82 Å². The number of hydrogen-bond acceptors (Lipinski definition) is 9. The molecule has 9 heteroatoms. The normalized spacial score (nSPS) is 14.1. The number of carbonyl (C=O) groups is 4. The molecule has 5 aromatic carbocycles. The summed E-state index contributed by atoms with van der Waals surface area (Å²) in [5.41, 5.74) is 2.44. The highest BCUT2D eigenvalue weighted by molar-refractivity contribution is 6.53. The van der Waals surface area contributed by atoms with E-state index in [0.717, 1.165) is 21.5 Å². The van der Waals surface area contributed by atoms with E-state index in [1.165, 1.54) is 0 Å². The second kappa shape index (κ2) is 10.5. The first-order valence-corrected chi connectivity index (χ1v) is 14.4. The molecule has 0 radical (unpaired) electrons. The number of nitrogens with zero attached hydrogens (tertiary/aromatic N) is 3. The van der Waals surface area contributed by atoms with Gasteiger partial charge in [-0.1, -0.05) is 78.9 Å². The number of anilines is 2. The van der Waals surface area contributed by atoms with Gasteiger partial charge in [-0.2, -0.15) is 15.0 Å². The van der Waals surface area contributed by atoms with E-state index in [2.05, 4.69) is 25.6 Å². The van der Waals surface area contributed by atoms with Crippen LogP contribution in [0.3, 0.4) is 0 Å². The van der Waals surface area contributed by atoms with E-state index in [1.807, 2.05) is 78.9 Å². The smallest absolute Gasteiger partial charge is 0.249 e. The molecular weight excluding hydrogens is 578 g/mol. The van der Waals surface area contributed by atoms with Crippen molar-refractivity contribution in [1.29, 1.82) is 0 Å². The maximum Gasteiger partial charge on any atom is 0.249 e. The Hall–Kier alpha value is -6.61. The summed E-state index contributed by atoms with van der Waals surface area (Å²) in [7, 11) is 0. The van der Waals surface area contributed by atoms with Crippen molar-refractivity contribution in [2.75, 3.05) is 10.6 Å². The SMILES string of the molecule is O=C1C(=O)c2cc3ccccc3cc2C=C1Nc1nc(NC2=Cc3cc4ccccc4cc3C(=O)C2=O)nc(-c2ccccc2)n1. The first kappa shape index (κ1) is 27.0. The summed E-state index contributed by atoms with van der Waals surface area (Å²) in [5, 5.41) is 9.38. The lowest BCUT2D eigenvalue weighted by atomic mass is 9.90. The van der Waals surface area contributed by atoms with E-state index in [-0.39, 0.29) is 29.1 Å². The molecular formula is C37H21N5O4. The van der Waals surface area contributed by atoms with Gasteiger partial charge in [0.1, 0.15) is 0 Å².